The van der Waals surface area contributed by atoms with Gasteiger partial charge in [-0.1, -0.05) is 6.92 Å². The zero-order chi connectivity index (χ0) is 14.3. The van der Waals surface area contributed by atoms with E-state index in [9.17, 15) is 14.7 Å². The van der Waals surface area contributed by atoms with Gasteiger partial charge in [0.15, 0.2) is 5.41 Å². The highest BCUT2D eigenvalue weighted by Gasteiger charge is 2.46. The fraction of sp³-hybridized carbons (Fsp3) is 0.846. The van der Waals surface area contributed by atoms with E-state index in [1.54, 1.807) is 13.8 Å². The number of aliphatic carboxylic acids is 1. The monoisotopic (exact) mass is 273 g/mol. The Morgan fingerprint density at radius 1 is 1.32 bits per heavy atom. The van der Waals surface area contributed by atoms with Gasteiger partial charge in [-0.2, -0.15) is 0 Å². The minimum atomic E-state index is -1.42. The summed E-state index contributed by atoms with van der Waals surface area (Å²) in [6, 6.07) is 0. The summed E-state index contributed by atoms with van der Waals surface area (Å²) in [5, 5.41) is 9.41. The number of hydrogen-bond donors (Lipinski definition) is 1. The van der Waals surface area contributed by atoms with E-state index in [4.69, 9.17) is 9.47 Å². The fourth-order valence-corrected chi connectivity index (χ4v) is 2.21. The van der Waals surface area contributed by atoms with Crippen LogP contribution < -0.4 is 0 Å². The van der Waals surface area contributed by atoms with Crippen molar-refractivity contribution in [2.24, 2.45) is 5.41 Å². The number of carboxylic acids is 1. The lowest BCUT2D eigenvalue weighted by atomic mass is 9.81. The van der Waals surface area contributed by atoms with Crippen LogP contribution in [-0.2, 0) is 19.1 Å². The van der Waals surface area contributed by atoms with Crippen LogP contribution in [0.5, 0.6) is 0 Å². The van der Waals surface area contributed by atoms with Gasteiger partial charge < -0.3 is 14.6 Å². The molecule has 110 valence electrons. The quantitative estimate of drug-likeness (QED) is 0.545. The van der Waals surface area contributed by atoms with E-state index in [1.807, 2.05) is 0 Å². The molecule has 0 saturated carbocycles. The number of carboxylic acid groups (broad SMARTS) is 1. The van der Waals surface area contributed by atoms with Gasteiger partial charge >= 0.3 is 11.9 Å². The van der Waals surface area contributed by atoms with Crippen LogP contribution in [0.15, 0.2) is 0 Å². The first-order valence-electron chi connectivity index (χ1n) is 6.77. The summed E-state index contributed by atoms with van der Waals surface area (Å²) in [6.07, 6.45) is 0.517. The molecule has 19 heavy (non-hydrogen) atoms. The Morgan fingerprint density at radius 3 is 2.42 bits per heavy atom. The van der Waals surface area contributed by atoms with E-state index in [2.05, 4.69) is 4.90 Å². The minimum absolute atomic E-state index is 0.200. The first-order valence-corrected chi connectivity index (χ1v) is 6.77. The second-order valence-corrected chi connectivity index (χ2v) is 4.67. The Bertz CT molecular complexity index is 314. The molecule has 1 rings (SSSR count). The molecular formula is C13H23NO5. The van der Waals surface area contributed by atoms with E-state index in [-0.39, 0.29) is 19.4 Å². The van der Waals surface area contributed by atoms with Crippen LogP contribution in [0.4, 0.5) is 0 Å². The van der Waals surface area contributed by atoms with E-state index >= 15 is 0 Å². The van der Waals surface area contributed by atoms with E-state index in [0.717, 1.165) is 13.1 Å². The van der Waals surface area contributed by atoms with Crippen molar-refractivity contribution in [1.82, 2.24) is 4.90 Å². The summed E-state index contributed by atoms with van der Waals surface area (Å²) in [6.45, 7) is 7.04. The van der Waals surface area contributed by atoms with Gasteiger partial charge in [-0.15, -0.1) is 0 Å². The van der Waals surface area contributed by atoms with Crippen molar-refractivity contribution < 1.29 is 24.2 Å². The third-order valence-electron chi connectivity index (χ3n) is 3.64. The molecule has 1 atom stereocenters. The third-order valence-corrected chi connectivity index (χ3v) is 3.64. The highest BCUT2D eigenvalue weighted by atomic mass is 16.5. The molecule has 6 nitrogen and oxygen atoms in total. The molecular weight excluding hydrogens is 250 g/mol. The molecule has 0 bridgehead atoms. The van der Waals surface area contributed by atoms with Gasteiger partial charge in [-0.3, -0.25) is 14.5 Å². The van der Waals surface area contributed by atoms with Gasteiger partial charge in [-0.05, 0) is 26.3 Å². The maximum absolute atomic E-state index is 12.0. The molecule has 1 saturated heterocycles. The van der Waals surface area contributed by atoms with Crippen molar-refractivity contribution in [3.8, 4) is 0 Å². The molecule has 0 amide bonds. The second-order valence-electron chi connectivity index (χ2n) is 4.67. The van der Waals surface area contributed by atoms with Crippen molar-refractivity contribution in [1.29, 1.82) is 0 Å². The Kier molecular flexibility index (Phi) is 6.24. The van der Waals surface area contributed by atoms with Gasteiger partial charge in [0.2, 0.25) is 0 Å². The van der Waals surface area contributed by atoms with Crippen LogP contribution in [0.1, 0.15) is 26.7 Å². The summed E-state index contributed by atoms with van der Waals surface area (Å²) in [7, 11) is 0. The van der Waals surface area contributed by atoms with Crippen molar-refractivity contribution in [2.45, 2.75) is 26.7 Å². The predicted molar refractivity (Wildman–Crippen MR) is 68.9 cm³/mol. The highest BCUT2D eigenvalue weighted by molar-refractivity contribution is 5.99. The molecule has 1 N–H and O–H groups in total. The summed E-state index contributed by atoms with van der Waals surface area (Å²) >= 11 is 0. The number of carbonyl (C=O) groups excluding carboxylic acids is 1. The lowest BCUT2D eigenvalue weighted by Crippen LogP contribution is -2.45. The predicted octanol–water partition coefficient (Wildman–Crippen LogP) is 0.753. The normalized spacial score (nSPS) is 19.7. The van der Waals surface area contributed by atoms with Crippen molar-refractivity contribution in [3.05, 3.63) is 0 Å². The molecule has 0 aromatic heterocycles. The fourth-order valence-electron chi connectivity index (χ4n) is 2.21. The summed E-state index contributed by atoms with van der Waals surface area (Å²) in [4.78, 5) is 25.6. The van der Waals surface area contributed by atoms with Crippen LogP contribution in [0.25, 0.3) is 0 Å². The lowest BCUT2D eigenvalue weighted by molar-refractivity contribution is -0.170. The molecule has 1 heterocycles. The number of morpholine rings is 1. The zero-order valence-electron chi connectivity index (χ0n) is 11.7. The molecule has 0 aromatic rings. The van der Waals surface area contributed by atoms with E-state index in [0.29, 0.717) is 19.8 Å². The average Bonchev–Trinajstić information content (AvgIpc) is 2.41. The van der Waals surface area contributed by atoms with Crippen LogP contribution in [0.3, 0.4) is 0 Å². The van der Waals surface area contributed by atoms with E-state index < -0.39 is 17.4 Å². The third kappa shape index (κ3) is 3.91. The molecule has 1 fully saturated rings. The minimum Gasteiger partial charge on any atom is -0.480 e. The zero-order valence-corrected chi connectivity index (χ0v) is 11.7. The first kappa shape index (κ1) is 15.9. The van der Waals surface area contributed by atoms with Gasteiger partial charge in [0, 0.05) is 13.1 Å². The number of carbonyl (C=O) groups is 2. The Balaban J connectivity index is 2.67. The van der Waals surface area contributed by atoms with Crippen LogP contribution in [0, 0.1) is 5.41 Å². The Labute approximate surface area is 113 Å². The second kappa shape index (κ2) is 7.45. The standard InChI is InChI=1S/C13H23NO5/c1-3-13(11(15)16,12(17)19-4-2)5-6-14-7-9-18-10-8-14/h3-10H2,1-2H3,(H,15,16). The summed E-state index contributed by atoms with van der Waals surface area (Å²) in [5.41, 5.74) is -1.42. The van der Waals surface area contributed by atoms with Gasteiger partial charge in [0.05, 0.1) is 19.8 Å². The lowest BCUT2D eigenvalue weighted by Gasteiger charge is -2.31. The Hall–Kier alpha value is -1.14. The summed E-state index contributed by atoms with van der Waals surface area (Å²) in [5.74, 6) is -1.72. The topological polar surface area (TPSA) is 76.1 Å². The number of nitrogens with zero attached hydrogens (tertiary/aromatic N) is 1. The molecule has 1 unspecified atom stereocenters. The van der Waals surface area contributed by atoms with Gasteiger partial charge in [0.25, 0.3) is 0 Å². The van der Waals surface area contributed by atoms with E-state index in [1.165, 1.54) is 0 Å². The van der Waals surface area contributed by atoms with Crippen LogP contribution in [0.2, 0.25) is 0 Å². The van der Waals surface area contributed by atoms with Crippen LogP contribution >= 0.6 is 0 Å². The molecule has 1 aliphatic rings. The molecule has 1 aliphatic heterocycles. The van der Waals surface area contributed by atoms with Crippen molar-refractivity contribution >= 4 is 11.9 Å². The average molecular weight is 273 g/mol. The molecule has 6 heteroatoms. The SMILES string of the molecule is CCOC(=O)C(CC)(CCN1CCOCC1)C(=O)O. The maximum Gasteiger partial charge on any atom is 0.323 e. The number of hydrogen-bond acceptors (Lipinski definition) is 5. The van der Waals surface area contributed by atoms with Crippen LogP contribution in [-0.4, -0.2) is 61.4 Å². The molecule has 0 aromatic carbocycles. The number of ether oxygens (including phenoxy) is 2. The smallest absolute Gasteiger partial charge is 0.323 e. The Morgan fingerprint density at radius 2 is 1.95 bits per heavy atom. The van der Waals surface area contributed by atoms with Crippen molar-refractivity contribution in [3.63, 3.8) is 0 Å². The summed E-state index contributed by atoms with van der Waals surface area (Å²) < 4.78 is 10.2. The number of esters is 1. The van der Waals surface area contributed by atoms with Gasteiger partial charge in [-0.25, -0.2) is 0 Å². The molecule has 0 aliphatic carbocycles. The first-order chi connectivity index (χ1) is 9.06. The van der Waals surface area contributed by atoms with Crippen molar-refractivity contribution in [2.75, 3.05) is 39.5 Å². The maximum atomic E-state index is 12.0. The number of rotatable bonds is 7. The highest BCUT2D eigenvalue weighted by Crippen LogP contribution is 2.29. The molecule has 0 spiro atoms. The molecule has 0 radical (unpaired) electrons. The van der Waals surface area contributed by atoms with Gasteiger partial charge in [0.1, 0.15) is 0 Å². The largest absolute Gasteiger partial charge is 0.480 e.